The Kier molecular flexibility index (Phi) is 3.29. The Labute approximate surface area is 88.3 Å². The summed E-state index contributed by atoms with van der Waals surface area (Å²) in [7, 11) is 0. The van der Waals surface area contributed by atoms with Gasteiger partial charge >= 0.3 is 0 Å². The molecule has 0 spiro atoms. The van der Waals surface area contributed by atoms with Crippen molar-refractivity contribution in [2.75, 3.05) is 12.3 Å². The lowest BCUT2D eigenvalue weighted by atomic mass is 10.0. The van der Waals surface area contributed by atoms with Crippen molar-refractivity contribution in [3.8, 4) is 11.8 Å². The van der Waals surface area contributed by atoms with E-state index in [0.29, 0.717) is 12.4 Å². The molecule has 1 aromatic rings. The Hall–Kier alpha value is -2.02. The predicted molar refractivity (Wildman–Crippen MR) is 56.7 cm³/mol. The summed E-state index contributed by atoms with van der Waals surface area (Å²) in [6, 6.07) is 5.02. The lowest BCUT2D eigenvalue weighted by molar-refractivity contribution is 0.101. The highest BCUT2D eigenvalue weighted by Crippen LogP contribution is 2.24. The number of hydrogen-bond donors (Lipinski definition) is 1. The molecule has 78 valence electrons. The minimum Gasteiger partial charge on any atom is -0.494 e. The van der Waals surface area contributed by atoms with Gasteiger partial charge in [-0.05, 0) is 19.9 Å². The summed E-state index contributed by atoms with van der Waals surface area (Å²) in [5, 5.41) is 8.87. The van der Waals surface area contributed by atoms with E-state index in [2.05, 4.69) is 0 Å². The SMILES string of the molecule is CCOc1cc(N)c(C(C)=O)c(C#N)c1. The monoisotopic (exact) mass is 204 g/mol. The third kappa shape index (κ3) is 2.26. The van der Waals surface area contributed by atoms with E-state index in [1.54, 1.807) is 6.07 Å². The molecule has 0 heterocycles. The highest BCUT2D eigenvalue weighted by molar-refractivity contribution is 6.01. The second-order valence-corrected chi connectivity index (χ2v) is 3.04. The predicted octanol–water partition coefficient (Wildman–Crippen LogP) is 1.74. The minimum atomic E-state index is -0.216. The van der Waals surface area contributed by atoms with Crippen LogP contribution in [0.25, 0.3) is 0 Å². The molecule has 0 fully saturated rings. The second kappa shape index (κ2) is 4.47. The Morgan fingerprint density at radius 3 is 2.73 bits per heavy atom. The van der Waals surface area contributed by atoms with Crippen LogP contribution in [0.4, 0.5) is 5.69 Å². The van der Waals surface area contributed by atoms with Gasteiger partial charge in [0.15, 0.2) is 5.78 Å². The molecule has 0 bridgehead atoms. The zero-order chi connectivity index (χ0) is 11.4. The standard InChI is InChI=1S/C11H12N2O2/c1-3-15-9-4-8(6-12)11(7(2)14)10(13)5-9/h4-5H,3,13H2,1-2H3. The molecule has 0 atom stereocenters. The molecule has 0 aliphatic rings. The lowest BCUT2D eigenvalue weighted by Gasteiger charge is -2.08. The van der Waals surface area contributed by atoms with Crippen LogP contribution in [0.3, 0.4) is 0 Å². The van der Waals surface area contributed by atoms with Gasteiger partial charge in [0.1, 0.15) is 11.8 Å². The first-order valence-corrected chi connectivity index (χ1v) is 4.57. The fourth-order valence-electron chi connectivity index (χ4n) is 1.37. The van der Waals surface area contributed by atoms with Crippen molar-refractivity contribution in [3.63, 3.8) is 0 Å². The average Bonchev–Trinajstić information content (AvgIpc) is 2.16. The first kappa shape index (κ1) is 11.1. The highest BCUT2D eigenvalue weighted by Gasteiger charge is 2.13. The van der Waals surface area contributed by atoms with Crippen molar-refractivity contribution in [2.24, 2.45) is 0 Å². The first-order chi connectivity index (χ1) is 7.10. The molecule has 1 aromatic carbocycles. The van der Waals surface area contributed by atoms with E-state index in [1.807, 2.05) is 13.0 Å². The average molecular weight is 204 g/mol. The van der Waals surface area contributed by atoms with Gasteiger partial charge in [-0.2, -0.15) is 5.26 Å². The van der Waals surface area contributed by atoms with Gasteiger partial charge < -0.3 is 10.5 Å². The molecule has 0 aliphatic heterocycles. The number of nitrogens with zero attached hydrogens (tertiary/aromatic N) is 1. The molecule has 0 aliphatic carbocycles. The molecule has 0 amide bonds. The molecule has 4 heteroatoms. The number of nitrogens with two attached hydrogens (primary N) is 1. The lowest BCUT2D eigenvalue weighted by Crippen LogP contribution is -2.04. The number of ketones is 1. The highest BCUT2D eigenvalue weighted by atomic mass is 16.5. The van der Waals surface area contributed by atoms with E-state index in [9.17, 15) is 4.79 Å². The topological polar surface area (TPSA) is 76.1 Å². The largest absolute Gasteiger partial charge is 0.494 e. The maximum Gasteiger partial charge on any atom is 0.163 e. The van der Waals surface area contributed by atoms with E-state index in [1.165, 1.54) is 13.0 Å². The van der Waals surface area contributed by atoms with Gasteiger partial charge in [0.2, 0.25) is 0 Å². The number of carbonyl (C=O) groups excluding carboxylic acids is 1. The van der Waals surface area contributed by atoms with Gasteiger partial charge in [-0.25, -0.2) is 0 Å². The Balaban J connectivity index is 3.32. The van der Waals surface area contributed by atoms with Crippen LogP contribution in [-0.4, -0.2) is 12.4 Å². The van der Waals surface area contributed by atoms with Gasteiger partial charge in [-0.15, -0.1) is 0 Å². The van der Waals surface area contributed by atoms with Crippen molar-refractivity contribution >= 4 is 11.5 Å². The Bertz CT molecular complexity index is 433. The van der Waals surface area contributed by atoms with Gasteiger partial charge in [-0.1, -0.05) is 0 Å². The number of rotatable bonds is 3. The number of hydrogen-bond acceptors (Lipinski definition) is 4. The number of nitriles is 1. The van der Waals surface area contributed by atoms with Crippen molar-refractivity contribution in [2.45, 2.75) is 13.8 Å². The maximum atomic E-state index is 11.2. The van der Waals surface area contributed by atoms with Crippen LogP contribution in [-0.2, 0) is 0 Å². The summed E-state index contributed by atoms with van der Waals surface area (Å²) in [6.45, 7) is 3.71. The van der Waals surface area contributed by atoms with Gasteiger partial charge in [0.05, 0.1) is 17.7 Å². The van der Waals surface area contributed by atoms with E-state index >= 15 is 0 Å². The first-order valence-electron chi connectivity index (χ1n) is 4.57. The van der Waals surface area contributed by atoms with Crippen LogP contribution in [0.2, 0.25) is 0 Å². The quantitative estimate of drug-likeness (QED) is 0.601. The van der Waals surface area contributed by atoms with Crippen LogP contribution in [0.1, 0.15) is 29.8 Å². The fourth-order valence-corrected chi connectivity index (χ4v) is 1.37. The van der Waals surface area contributed by atoms with Crippen LogP contribution < -0.4 is 10.5 Å². The maximum absolute atomic E-state index is 11.2. The van der Waals surface area contributed by atoms with Crippen molar-refractivity contribution in [1.29, 1.82) is 5.26 Å². The number of ether oxygens (including phenoxy) is 1. The molecular weight excluding hydrogens is 192 g/mol. The molecule has 0 radical (unpaired) electrons. The molecule has 0 unspecified atom stereocenters. The smallest absolute Gasteiger partial charge is 0.163 e. The number of benzene rings is 1. The van der Waals surface area contributed by atoms with Crippen molar-refractivity contribution in [3.05, 3.63) is 23.3 Å². The number of carbonyl (C=O) groups is 1. The minimum absolute atomic E-state index is 0.216. The number of Topliss-reactive ketones (excluding diaryl/α,β-unsaturated/α-hetero) is 1. The summed E-state index contributed by atoms with van der Waals surface area (Å²) >= 11 is 0. The van der Waals surface area contributed by atoms with Gasteiger partial charge in [0, 0.05) is 11.8 Å². The Morgan fingerprint density at radius 2 is 2.27 bits per heavy atom. The summed E-state index contributed by atoms with van der Waals surface area (Å²) in [5.74, 6) is 0.295. The van der Waals surface area contributed by atoms with Crippen LogP contribution in [0, 0.1) is 11.3 Å². The summed E-state index contributed by atoms with van der Waals surface area (Å²) in [5.41, 5.74) is 6.48. The van der Waals surface area contributed by atoms with Crippen LogP contribution in [0.15, 0.2) is 12.1 Å². The normalized spacial score (nSPS) is 9.40. The molecule has 0 aromatic heterocycles. The molecule has 1 rings (SSSR count). The van der Waals surface area contributed by atoms with Gasteiger partial charge in [0.25, 0.3) is 0 Å². The summed E-state index contributed by atoms with van der Waals surface area (Å²) < 4.78 is 5.22. The van der Waals surface area contributed by atoms with E-state index < -0.39 is 0 Å². The second-order valence-electron chi connectivity index (χ2n) is 3.04. The molecule has 4 nitrogen and oxygen atoms in total. The summed E-state index contributed by atoms with van der Waals surface area (Å²) in [6.07, 6.45) is 0. The zero-order valence-electron chi connectivity index (χ0n) is 8.70. The van der Waals surface area contributed by atoms with Crippen LogP contribution in [0.5, 0.6) is 5.75 Å². The van der Waals surface area contributed by atoms with E-state index in [4.69, 9.17) is 15.7 Å². The molecule has 15 heavy (non-hydrogen) atoms. The summed E-state index contributed by atoms with van der Waals surface area (Å²) in [4.78, 5) is 11.2. The third-order valence-electron chi connectivity index (χ3n) is 1.93. The van der Waals surface area contributed by atoms with Crippen molar-refractivity contribution in [1.82, 2.24) is 0 Å². The van der Waals surface area contributed by atoms with Gasteiger partial charge in [-0.3, -0.25) is 4.79 Å². The fraction of sp³-hybridized carbons (Fsp3) is 0.273. The van der Waals surface area contributed by atoms with Crippen molar-refractivity contribution < 1.29 is 9.53 Å². The molecule has 2 N–H and O–H groups in total. The number of anilines is 1. The van der Waals surface area contributed by atoms with Crippen LogP contribution >= 0.6 is 0 Å². The number of nitrogen functional groups attached to an aromatic ring is 1. The van der Waals surface area contributed by atoms with E-state index in [0.717, 1.165) is 0 Å². The zero-order valence-corrected chi connectivity index (χ0v) is 8.70. The third-order valence-corrected chi connectivity index (χ3v) is 1.93. The molecule has 0 saturated heterocycles. The van der Waals surface area contributed by atoms with E-state index in [-0.39, 0.29) is 22.6 Å². The Morgan fingerprint density at radius 1 is 1.60 bits per heavy atom. The molecule has 0 saturated carbocycles. The molecular formula is C11H12N2O2.